The maximum atomic E-state index is 12.5. The lowest BCUT2D eigenvalue weighted by atomic mass is 10.1. The molecule has 150 valence electrons. The molecule has 2 heterocycles. The van der Waals surface area contributed by atoms with Gasteiger partial charge in [-0.2, -0.15) is 5.10 Å². The summed E-state index contributed by atoms with van der Waals surface area (Å²) in [6.45, 7) is 3.25. The number of aromatic nitrogens is 2. The predicted molar refractivity (Wildman–Crippen MR) is 113 cm³/mol. The third kappa shape index (κ3) is 3.35. The minimum absolute atomic E-state index is 0.0409. The summed E-state index contributed by atoms with van der Waals surface area (Å²) in [4.78, 5) is 41.5. The minimum atomic E-state index is -1.08. The Kier molecular flexibility index (Phi) is 4.67. The van der Waals surface area contributed by atoms with Crippen LogP contribution in [0.3, 0.4) is 0 Å². The van der Waals surface area contributed by atoms with Crippen LogP contribution < -0.4 is 5.43 Å². The fraction of sp³-hybridized carbons (Fsp3) is 0.0909. The molecule has 0 saturated heterocycles. The molecule has 0 aliphatic heterocycles. The van der Waals surface area contributed by atoms with Gasteiger partial charge in [0.1, 0.15) is 5.69 Å². The number of amides is 1. The largest absolute Gasteiger partial charge is 0.478 e. The average molecular weight is 402 g/mol. The van der Waals surface area contributed by atoms with Crippen LogP contribution in [0, 0.1) is 0 Å². The number of hydrazone groups is 1. The second-order valence-corrected chi connectivity index (χ2v) is 6.92. The van der Waals surface area contributed by atoms with Gasteiger partial charge in [-0.15, -0.1) is 0 Å². The lowest BCUT2D eigenvalue weighted by Gasteiger charge is -2.03. The molecule has 4 N–H and O–H groups in total. The zero-order valence-corrected chi connectivity index (χ0v) is 16.2. The van der Waals surface area contributed by atoms with Crippen molar-refractivity contribution < 1.29 is 19.5 Å². The Bertz CT molecular complexity index is 1360. The number of nitrogens with one attached hydrogen (secondary N) is 3. The number of ketones is 1. The van der Waals surface area contributed by atoms with Gasteiger partial charge in [0.15, 0.2) is 5.78 Å². The quantitative estimate of drug-likeness (QED) is 0.230. The summed E-state index contributed by atoms with van der Waals surface area (Å²) in [7, 11) is 0. The number of H-pyrrole nitrogens is 2. The Morgan fingerprint density at radius 1 is 1.03 bits per heavy atom. The zero-order chi connectivity index (χ0) is 21.4. The number of aromatic amines is 2. The molecule has 0 saturated carbocycles. The normalized spacial score (nSPS) is 11.7. The topological polar surface area (TPSA) is 127 Å². The molecular formula is C22H18N4O4. The highest BCUT2D eigenvalue weighted by Gasteiger charge is 2.15. The van der Waals surface area contributed by atoms with Crippen LogP contribution >= 0.6 is 0 Å². The van der Waals surface area contributed by atoms with Crippen LogP contribution in [-0.4, -0.2) is 38.4 Å². The van der Waals surface area contributed by atoms with Gasteiger partial charge in [0.2, 0.25) is 0 Å². The highest BCUT2D eigenvalue weighted by molar-refractivity contribution is 6.10. The van der Waals surface area contributed by atoms with Gasteiger partial charge in [0.25, 0.3) is 5.91 Å². The molecule has 2 aromatic heterocycles. The molecular weight excluding hydrogens is 384 g/mol. The number of rotatable bonds is 5. The van der Waals surface area contributed by atoms with Crippen LogP contribution in [0.5, 0.6) is 0 Å². The number of para-hydroxylation sites is 1. The van der Waals surface area contributed by atoms with E-state index in [-0.39, 0.29) is 17.0 Å². The molecule has 0 atom stereocenters. The first-order valence-corrected chi connectivity index (χ1v) is 9.17. The van der Waals surface area contributed by atoms with Crippen LogP contribution in [0.1, 0.15) is 50.6 Å². The van der Waals surface area contributed by atoms with E-state index < -0.39 is 11.9 Å². The van der Waals surface area contributed by atoms with E-state index in [1.165, 1.54) is 13.0 Å². The van der Waals surface area contributed by atoms with Gasteiger partial charge >= 0.3 is 5.97 Å². The number of carbonyl (C=O) groups excluding carboxylic acids is 2. The Balaban J connectivity index is 1.59. The minimum Gasteiger partial charge on any atom is -0.478 e. The Labute approximate surface area is 170 Å². The predicted octanol–water partition coefficient (Wildman–Crippen LogP) is 3.70. The van der Waals surface area contributed by atoms with Crippen LogP contribution in [0.4, 0.5) is 0 Å². The number of benzene rings is 2. The van der Waals surface area contributed by atoms with E-state index in [4.69, 9.17) is 0 Å². The van der Waals surface area contributed by atoms with E-state index in [1.807, 2.05) is 18.2 Å². The lowest BCUT2D eigenvalue weighted by molar-refractivity contribution is 0.0698. The highest BCUT2D eigenvalue weighted by atomic mass is 16.4. The summed E-state index contributed by atoms with van der Waals surface area (Å²) >= 11 is 0. The number of carboxylic acid groups (broad SMARTS) is 1. The smallest absolute Gasteiger partial charge is 0.337 e. The molecule has 0 spiro atoms. The summed E-state index contributed by atoms with van der Waals surface area (Å²) in [6.07, 6.45) is 1.67. The second kappa shape index (κ2) is 7.32. The molecule has 2 aromatic carbocycles. The van der Waals surface area contributed by atoms with E-state index in [0.29, 0.717) is 22.2 Å². The summed E-state index contributed by atoms with van der Waals surface area (Å²) in [5.74, 6) is -1.61. The van der Waals surface area contributed by atoms with Crippen molar-refractivity contribution in [1.29, 1.82) is 0 Å². The van der Waals surface area contributed by atoms with Crippen molar-refractivity contribution >= 4 is 45.2 Å². The van der Waals surface area contributed by atoms with Crippen LogP contribution in [0.15, 0.2) is 53.8 Å². The number of fused-ring (bicyclic) bond motifs is 2. The monoisotopic (exact) mass is 402 g/mol. The molecule has 0 radical (unpaired) electrons. The van der Waals surface area contributed by atoms with E-state index >= 15 is 0 Å². The van der Waals surface area contributed by atoms with E-state index in [9.17, 15) is 19.5 Å². The first-order valence-electron chi connectivity index (χ1n) is 9.17. The van der Waals surface area contributed by atoms with E-state index in [0.717, 1.165) is 16.5 Å². The molecule has 30 heavy (non-hydrogen) atoms. The molecule has 0 bridgehead atoms. The molecule has 0 aliphatic rings. The van der Waals surface area contributed by atoms with Crippen molar-refractivity contribution in [3.63, 3.8) is 0 Å². The van der Waals surface area contributed by atoms with Crippen molar-refractivity contribution in [2.75, 3.05) is 0 Å². The van der Waals surface area contributed by atoms with Gasteiger partial charge in [-0.1, -0.05) is 18.2 Å². The van der Waals surface area contributed by atoms with Crippen molar-refractivity contribution in [2.24, 2.45) is 5.10 Å². The summed E-state index contributed by atoms with van der Waals surface area (Å²) in [6, 6.07) is 11.9. The maximum Gasteiger partial charge on any atom is 0.337 e. The Morgan fingerprint density at radius 3 is 2.57 bits per heavy atom. The number of nitrogens with zero attached hydrogens (tertiary/aromatic N) is 1. The second-order valence-electron chi connectivity index (χ2n) is 6.92. The standard InChI is InChI=1S/C22H18N4O4/c1-11(13-6-7-18-16(8-13)17(10-23-18)12(2)27)25-26-21(28)19-9-14-4-3-5-15(22(29)30)20(14)24-19/h3-10,23-24H,1-2H3,(H,26,28)(H,29,30). The van der Waals surface area contributed by atoms with Crippen LogP contribution in [0.25, 0.3) is 21.8 Å². The molecule has 0 unspecified atom stereocenters. The third-order valence-corrected chi connectivity index (χ3v) is 4.94. The Morgan fingerprint density at radius 2 is 1.83 bits per heavy atom. The van der Waals surface area contributed by atoms with Crippen LogP contribution in [0.2, 0.25) is 0 Å². The maximum absolute atomic E-state index is 12.5. The molecule has 8 heteroatoms. The van der Waals surface area contributed by atoms with Crippen molar-refractivity contribution in [1.82, 2.24) is 15.4 Å². The van der Waals surface area contributed by atoms with Crippen molar-refractivity contribution in [3.8, 4) is 0 Å². The fourth-order valence-corrected chi connectivity index (χ4v) is 3.35. The molecule has 4 aromatic rings. The fourth-order valence-electron chi connectivity index (χ4n) is 3.35. The first-order chi connectivity index (χ1) is 14.3. The van der Waals surface area contributed by atoms with Gasteiger partial charge < -0.3 is 15.1 Å². The zero-order valence-electron chi connectivity index (χ0n) is 16.2. The number of Topliss-reactive ketones (excluding diaryl/α,β-unsaturated/α-hetero) is 1. The van der Waals surface area contributed by atoms with Crippen molar-refractivity contribution in [3.05, 3.63) is 71.0 Å². The molecule has 0 aliphatic carbocycles. The van der Waals surface area contributed by atoms with Gasteiger partial charge in [0.05, 0.1) is 16.8 Å². The summed E-state index contributed by atoms with van der Waals surface area (Å²) in [5.41, 5.74) is 5.91. The van der Waals surface area contributed by atoms with Gasteiger partial charge in [-0.3, -0.25) is 9.59 Å². The number of carbonyl (C=O) groups is 3. The number of hydrogen-bond acceptors (Lipinski definition) is 4. The molecule has 4 rings (SSSR count). The van der Waals surface area contributed by atoms with Gasteiger partial charge in [0, 0.05) is 28.0 Å². The molecule has 0 fully saturated rings. The van der Waals surface area contributed by atoms with Gasteiger partial charge in [-0.05, 0) is 43.7 Å². The average Bonchev–Trinajstić information content (AvgIpc) is 3.34. The Hall–Kier alpha value is -4.20. The van der Waals surface area contributed by atoms with Gasteiger partial charge in [-0.25, -0.2) is 10.2 Å². The number of aromatic carboxylic acids is 1. The lowest BCUT2D eigenvalue weighted by Crippen LogP contribution is -2.19. The number of hydrogen-bond donors (Lipinski definition) is 4. The van der Waals surface area contributed by atoms with E-state index in [1.54, 1.807) is 31.3 Å². The molecule has 8 nitrogen and oxygen atoms in total. The highest BCUT2D eigenvalue weighted by Crippen LogP contribution is 2.21. The third-order valence-electron chi connectivity index (χ3n) is 4.94. The summed E-state index contributed by atoms with van der Waals surface area (Å²) in [5, 5.41) is 14.8. The number of carboxylic acids is 1. The van der Waals surface area contributed by atoms with E-state index in [2.05, 4.69) is 20.5 Å². The molecule has 1 amide bonds. The SMILES string of the molecule is CC(=O)c1c[nH]c2ccc(C(C)=NNC(=O)c3cc4cccc(C(=O)O)c4[nH]3)cc12. The summed E-state index contributed by atoms with van der Waals surface area (Å²) < 4.78 is 0. The van der Waals surface area contributed by atoms with Crippen LogP contribution in [-0.2, 0) is 0 Å². The van der Waals surface area contributed by atoms with Crippen molar-refractivity contribution in [2.45, 2.75) is 13.8 Å². The first kappa shape index (κ1) is 19.1.